The predicted molar refractivity (Wildman–Crippen MR) is 78.2 cm³/mol. The Bertz CT molecular complexity index is 682. The van der Waals surface area contributed by atoms with Gasteiger partial charge in [0.25, 0.3) is 5.56 Å². The van der Waals surface area contributed by atoms with E-state index in [1.54, 1.807) is 18.3 Å². The van der Waals surface area contributed by atoms with Crippen molar-refractivity contribution < 1.29 is 0 Å². The fourth-order valence-corrected chi connectivity index (χ4v) is 2.46. The van der Waals surface area contributed by atoms with Crippen molar-refractivity contribution in [2.75, 3.05) is 0 Å². The molecule has 7 heteroatoms. The van der Waals surface area contributed by atoms with Gasteiger partial charge < -0.3 is 10.7 Å². The number of pyridine rings is 1. The molecule has 0 unspecified atom stereocenters. The number of amidine groups is 1. The Balaban J connectivity index is 2.27. The number of H-pyrrole nitrogens is 1. The summed E-state index contributed by atoms with van der Waals surface area (Å²) in [6.07, 6.45) is 3.27. The van der Waals surface area contributed by atoms with Gasteiger partial charge in [-0.1, -0.05) is 13.3 Å². The SMILES string of the molecule is CCCc1cc(=O)[nH]c(Sc2cc(C(=N)N)ccn2)n1. The van der Waals surface area contributed by atoms with Crippen LogP contribution in [0.2, 0.25) is 0 Å². The van der Waals surface area contributed by atoms with Crippen molar-refractivity contribution in [2.24, 2.45) is 5.73 Å². The van der Waals surface area contributed by atoms with Crippen molar-refractivity contribution in [3.63, 3.8) is 0 Å². The van der Waals surface area contributed by atoms with E-state index >= 15 is 0 Å². The van der Waals surface area contributed by atoms with E-state index in [1.807, 2.05) is 6.92 Å². The minimum Gasteiger partial charge on any atom is -0.384 e. The molecule has 0 bridgehead atoms. The summed E-state index contributed by atoms with van der Waals surface area (Å²) in [6.45, 7) is 2.04. The van der Waals surface area contributed by atoms with Crippen molar-refractivity contribution in [1.82, 2.24) is 15.0 Å². The number of nitrogens with one attached hydrogen (secondary N) is 2. The normalized spacial score (nSPS) is 10.4. The molecule has 0 fully saturated rings. The van der Waals surface area contributed by atoms with Gasteiger partial charge in [-0.2, -0.15) is 0 Å². The molecule has 0 atom stereocenters. The molecule has 20 heavy (non-hydrogen) atoms. The molecule has 6 nitrogen and oxygen atoms in total. The topological polar surface area (TPSA) is 109 Å². The van der Waals surface area contributed by atoms with Crippen LogP contribution in [0.5, 0.6) is 0 Å². The first-order valence-corrected chi connectivity index (χ1v) is 6.98. The van der Waals surface area contributed by atoms with Gasteiger partial charge in [-0.25, -0.2) is 9.97 Å². The molecular weight excluding hydrogens is 274 g/mol. The van der Waals surface area contributed by atoms with E-state index < -0.39 is 0 Å². The van der Waals surface area contributed by atoms with Gasteiger partial charge in [-0.15, -0.1) is 0 Å². The third kappa shape index (κ3) is 3.67. The first kappa shape index (κ1) is 14.3. The number of rotatable bonds is 5. The van der Waals surface area contributed by atoms with Crippen molar-refractivity contribution in [1.29, 1.82) is 5.41 Å². The number of hydrogen-bond donors (Lipinski definition) is 3. The Labute approximate surface area is 120 Å². The van der Waals surface area contributed by atoms with Gasteiger partial charge in [-0.05, 0) is 30.3 Å². The highest BCUT2D eigenvalue weighted by atomic mass is 32.2. The average Bonchev–Trinajstić information content (AvgIpc) is 2.38. The number of aromatic amines is 1. The number of aromatic nitrogens is 3. The summed E-state index contributed by atoms with van der Waals surface area (Å²) in [5.74, 6) is -0.0181. The van der Waals surface area contributed by atoms with Gasteiger partial charge in [0.2, 0.25) is 0 Å². The van der Waals surface area contributed by atoms with E-state index in [-0.39, 0.29) is 11.4 Å². The van der Waals surface area contributed by atoms with Gasteiger partial charge in [0.05, 0.1) is 0 Å². The highest BCUT2D eigenvalue weighted by Crippen LogP contribution is 2.22. The number of nitrogens with zero attached hydrogens (tertiary/aromatic N) is 2. The maximum Gasteiger partial charge on any atom is 0.251 e. The largest absolute Gasteiger partial charge is 0.384 e. The lowest BCUT2D eigenvalue weighted by molar-refractivity contribution is 0.815. The summed E-state index contributed by atoms with van der Waals surface area (Å²) in [5, 5.41) is 8.53. The van der Waals surface area contributed by atoms with Crippen LogP contribution in [0.1, 0.15) is 24.6 Å². The fraction of sp³-hybridized carbons (Fsp3) is 0.231. The van der Waals surface area contributed by atoms with E-state index in [2.05, 4.69) is 15.0 Å². The molecule has 0 amide bonds. The molecule has 2 rings (SSSR count). The maximum atomic E-state index is 11.6. The quantitative estimate of drug-likeness (QED) is 0.439. The molecule has 0 aliphatic carbocycles. The van der Waals surface area contributed by atoms with Crippen LogP contribution in [0.4, 0.5) is 0 Å². The van der Waals surface area contributed by atoms with Crippen molar-refractivity contribution in [2.45, 2.75) is 29.9 Å². The molecule has 0 aliphatic heterocycles. The van der Waals surface area contributed by atoms with Crippen LogP contribution in [-0.2, 0) is 6.42 Å². The molecule has 104 valence electrons. The van der Waals surface area contributed by atoms with Gasteiger partial charge >= 0.3 is 0 Å². The van der Waals surface area contributed by atoms with Crippen LogP contribution in [0.25, 0.3) is 0 Å². The zero-order valence-electron chi connectivity index (χ0n) is 11.0. The highest BCUT2D eigenvalue weighted by Gasteiger charge is 2.06. The van der Waals surface area contributed by atoms with Crippen LogP contribution in [-0.4, -0.2) is 20.8 Å². The Morgan fingerprint density at radius 3 is 3.00 bits per heavy atom. The first-order chi connectivity index (χ1) is 9.58. The molecular formula is C13H15N5OS. The second-order valence-corrected chi connectivity index (χ2v) is 5.20. The first-order valence-electron chi connectivity index (χ1n) is 6.17. The molecule has 4 N–H and O–H groups in total. The van der Waals surface area contributed by atoms with Gasteiger partial charge in [0.1, 0.15) is 10.9 Å². The van der Waals surface area contributed by atoms with Crippen molar-refractivity contribution in [3.8, 4) is 0 Å². The van der Waals surface area contributed by atoms with E-state index in [9.17, 15) is 4.79 Å². The van der Waals surface area contributed by atoms with Crippen LogP contribution >= 0.6 is 11.8 Å². The average molecular weight is 289 g/mol. The molecule has 2 aromatic heterocycles. The molecule has 0 saturated heterocycles. The van der Waals surface area contributed by atoms with Gasteiger partial charge in [0, 0.05) is 23.5 Å². The lowest BCUT2D eigenvalue weighted by Gasteiger charge is -2.04. The molecule has 2 heterocycles. The summed E-state index contributed by atoms with van der Waals surface area (Å²) in [4.78, 5) is 22.8. The predicted octanol–water partition coefficient (Wildman–Crippen LogP) is 1.55. The highest BCUT2D eigenvalue weighted by molar-refractivity contribution is 7.99. The smallest absolute Gasteiger partial charge is 0.251 e. The van der Waals surface area contributed by atoms with Crippen LogP contribution in [0.15, 0.2) is 39.4 Å². The third-order valence-electron chi connectivity index (χ3n) is 2.53. The maximum absolute atomic E-state index is 11.6. The zero-order chi connectivity index (χ0) is 14.5. The Morgan fingerprint density at radius 1 is 1.50 bits per heavy atom. The zero-order valence-corrected chi connectivity index (χ0v) is 11.8. The van der Waals surface area contributed by atoms with Gasteiger partial charge in [-0.3, -0.25) is 10.2 Å². The lowest BCUT2D eigenvalue weighted by atomic mass is 10.2. The number of hydrogen-bond acceptors (Lipinski definition) is 5. The number of nitrogens with two attached hydrogens (primary N) is 1. The van der Waals surface area contributed by atoms with E-state index in [0.29, 0.717) is 15.7 Å². The molecule has 0 radical (unpaired) electrons. The van der Waals surface area contributed by atoms with Crippen molar-refractivity contribution in [3.05, 3.63) is 46.0 Å². The molecule has 2 aromatic rings. The van der Waals surface area contributed by atoms with Crippen LogP contribution < -0.4 is 11.3 Å². The van der Waals surface area contributed by atoms with E-state index in [0.717, 1.165) is 18.5 Å². The van der Waals surface area contributed by atoms with E-state index in [4.69, 9.17) is 11.1 Å². The fourth-order valence-electron chi connectivity index (χ4n) is 1.65. The third-order valence-corrected chi connectivity index (χ3v) is 3.35. The molecule has 0 saturated carbocycles. The summed E-state index contributed by atoms with van der Waals surface area (Å²) in [5.41, 5.74) is 6.62. The molecule has 0 aromatic carbocycles. The summed E-state index contributed by atoms with van der Waals surface area (Å²) in [6, 6.07) is 4.86. The molecule has 0 spiro atoms. The summed E-state index contributed by atoms with van der Waals surface area (Å²) >= 11 is 1.24. The van der Waals surface area contributed by atoms with E-state index in [1.165, 1.54) is 17.8 Å². The standard InChI is InChI=1S/C13H15N5OS/c1-2-3-9-7-10(19)18-13(17-9)20-11-6-8(12(14)15)4-5-16-11/h4-7H,2-3H2,1H3,(H3,14,15)(H,17,18,19). The Hall–Kier alpha value is -2.15. The Morgan fingerprint density at radius 2 is 2.30 bits per heavy atom. The Kier molecular flexibility index (Phi) is 4.52. The lowest BCUT2D eigenvalue weighted by Crippen LogP contribution is -2.11. The summed E-state index contributed by atoms with van der Waals surface area (Å²) in [7, 11) is 0. The minimum atomic E-state index is -0.173. The summed E-state index contributed by atoms with van der Waals surface area (Å²) < 4.78 is 0. The molecule has 0 aliphatic rings. The monoisotopic (exact) mass is 289 g/mol. The van der Waals surface area contributed by atoms with Gasteiger partial charge in [0.15, 0.2) is 5.16 Å². The second kappa shape index (κ2) is 6.33. The minimum absolute atomic E-state index is 0.0181. The van der Waals surface area contributed by atoms with Crippen LogP contribution in [0.3, 0.4) is 0 Å². The second-order valence-electron chi connectivity index (χ2n) is 4.19. The van der Waals surface area contributed by atoms with Crippen LogP contribution in [0, 0.1) is 5.41 Å². The number of nitrogen functional groups attached to an aromatic ring is 1. The van der Waals surface area contributed by atoms with Crippen molar-refractivity contribution >= 4 is 17.6 Å². The number of aryl methyl sites for hydroxylation is 1.